The Labute approximate surface area is 140 Å². The lowest BCUT2D eigenvalue weighted by Crippen LogP contribution is -1.98. The molecule has 0 bridgehead atoms. The van der Waals surface area contributed by atoms with Crippen molar-refractivity contribution < 1.29 is 9.47 Å². The Morgan fingerprint density at radius 2 is 1.61 bits per heavy atom. The van der Waals surface area contributed by atoms with E-state index in [1.165, 1.54) is 6.33 Å². The summed E-state index contributed by atoms with van der Waals surface area (Å²) in [5.74, 6) is 1.95. The lowest BCUT2D eigenvalue weighted by atomic mass is 10.2. The summed E-state index contributed by atoms with van der Waals surface area (Å²) < 4.78 is 10.6. The van der Waals surface area contributed by atoms with Crippen LogP contribution in [0.25, 0.3) is 10.9 Å². The van der Waals surface area contributed by atoms with Crippen LogP contribution in [0.3, 0.4) is 0 Å². The number of benzene rings is 2. The van der Waals surface area contributed by atoms with Gasteiger partial charge >= 0.3 is 0 Å². The minimum absolute atomic E-state index is 0. The van der Waals surface area contributed by atoms with Crippen LogP contribution in [0.5, 0.6) is 11.5 Å². The molecule has 0 aliphatic carbocycles. The molecule has 120 valence electrons. The summed E-state index contributed by atoms with van der Waals surface area (Å²) in [5.41, 5.74) is 8.07. The molecule has 3 rings (SSSR count). The fourth-order valence-electron chi connectivity index (χ4n) is 2.19. The summed E-state index contributed by atoms with van der Waals surface area (Å²) in [5, 5.41) is 4.10. The normalized spacial score (nSPS) is 10.0. The topological polar surface area (TPSA) is 82.3 Å². The maximum Gasteiger partial charge on any atom is 0.162 e. The monoisotopic (exact) mass is 332 g/mol. The van der Waals surface area contributed by atoms with E-state index in [4.69, 9.17) is 15.2 Å². The van der Waals surface area contributed by atoms with Gasteiger partial charge in [0, 0.05) is 22.8 Å². The largest absolute Gasteiger partial charge is 0.493 e. The molecule has 0 saturated heterocycles. The van der Waals surface area contributed by atoms with E-state index in [0.717, 1.165) is 16.6 Å². The van der Waals surface area contributed by atoms with Crippen molar-refractivity contribution in [1.82, 2.24) is 9.97 Å². The maximum absolute atomic E-state index is 5.70. The van der Waals surface area contributed by atoms with E-state index >= 15 is 0 Å². The highest BCUT2D eigenvalue weighted by atomic mass is 35.5. The predicted molar refractivity (Wildman–Crippen MR) is 94.0 cm³/mol. The Kier molecular flexibility index (Phi) is 5.08. The van der Waals surface area contributed by atoms with E-state index < -0.39 is 0 Å². The minimum atomic E-state index is 0. The van der Waals surface area contributed by atoms with Gasteiger partial charge in [-0.25, -0.2) is 9.97 Å². The number of nitrogen functional groups attached to an aromatic ring is 1. The molecule has 0 amide bonds. The van der Waals surface area contributed by atoms with Crippen molar-refractivity contribution in [2.75, 3.05) is 25.3 Å². The number of methoxy groups -OCH3 is 2. The number of halogens is 1. The van der Waals surface area contributed by atoms with Crippen LogP contribution < -0.4 is 20.5 Å². The molecule has 0 aliphatic heterocycles. The number of hydrogen-bond donors (Lipinski definition) is 2. The lowest BCUT2D eigenvalue weighted by Gasteiger charge is -2.12. The molecular formula is C16H17ClN4O2. The zero-order valence-electron chi connectivity index (χ0n) is 12.7. The van der Waals surface area contributed by atoms with Gasteiger partial charge in [0.15, 0.2) is 11.5 Å². The third-order valence-corrected chi connectivity index (χ3v) is 3.31. The summed E-state index contributed by atoms with van der Waals surface area (Å²) in [6, 6.07) is 11.1. The van der Waals surface area contributed by atoms with Crippen LogP contribution in [0.15, 0.2) is 42.7 Å². The number of nitrogens with zero attached hydrogens (tertiary/aromatic N) is 2. The van der Waals surface area contributed by atoms with Crippen LogP contribution in [-0.2, 0) is 0 Å². The van der Waals surface area contributed by atoms with Crippen LogP contribution in [-0.4, -0.2) is 24.2 Å². The zero-order chi connectivity index (χ0) is 15.5. The average Bonchev–Trinajstić information content (AvgIpc) is 2.56. The van der Waals surface area contributed by atoms with Crippen molar-refractivity contribution >= 4 is 40.5 Å². The van der Waals surface area contributed by atoms with Gasteiger partial charge in [-0.05, 0) is 30.3 Å². The van der Waals surface area contributed by atoms with E-state index in [0.29, 0.717) is 23.0 Å². The summed E-state index contributed by atoms with van der Waals surface area (Å²) in [6.07, 6.45) is 1.51. The van der Waals surface area contributed by atoms with Gasteiger partial charge < -0.3 is 20.5 Å². The molecule has 0 atom stereocenters. The summed E-state index contributed by atoms with van der Waals surface area (Å²) in [7, 11) is 3.19. The molecule has 23 heavy (non-hydrogen) atoms. The van der Waals surface area contributed by atoms with Gasteiger partial charge in [0.1, 0.15) is 12.1 Å². The van der Waals surface area contributed by atoms with Gasteiger partial charge in [-0.3, -0.25) is 0 Å². The Hall–Kier alpha value is -2.73. The number of ether oxygens (including phenoxy) is 2. The average molecular weight is 333 g/mol. The molecule has 0 aliphatic rings. The van der Waals surface area contributed by atoms with Gasteiger partial charge in [-0.1, -0.05) is 0 Å². The van der Waals surface area contributed by atoms with Crippen LogP contribution in [0.2, 0.25) is 0 Å². The van der Waals surface area contributed by atoms with Gasteiger partial charge in [0.2, 0.25) is 0 Å². The summed E-state index contributed by atoms with van der Waals surface area (Å²) in [4.78, 5) is 8.58. The van der Waals surface area contributed by atoms with Crippen molar-refractivity contribution in [1.29, 1.82) is 0 Å². The van der Waals surface area contributed by atoms with E-state index in [1.54, 1.807) is 14.2 Å². The zero-order valence-corrected chi connectivity index (χ0v) is 13.6. The van der Waals surface area contributed by atoms with Gasteiger partial charge in [0.05, 0.1) is 19.7 Å². The summed E-state index contributed by atoms with van der Waals surface area (Å²) in [6.45, 7) is 0. The van der Waals surface area contributed by atoms with Crippen LogP contribution in [0.4, 0.5) is 17.2 Å². The Morgan fingerprint density at radius 1 is 0.957 bits per heavy atom. The SMILES string of the molecule is COc1cc2ncnc(Nc3ccc(N)cc3)c2cc1OC.Cl. The van der Waals surface area contributed by atoms with Gasteiger partial charge in [-0.2, -0.15) is 0 Å². The van der Waals surface area contributed by atoms with Crippen LogP contribution in [0, 0.1) is 0 Å². The number of nitrogens with two attached hydrogens (primary N) is 1. The second-order valence-corrected chi connectivity index (χ2v) is 4.69. The van der Waals surface area contributed by atoms with Crippen molar-refractivity contribution in [3.05, 3.63) is 42.7 Å². The third kappa shape index (κ3) is 3.37. The number of hydrogen-bond acceptors (Lipinski definition) is 6. The molecule has 0 fully saturated rings. The minimum Gasteiger partial charge on any atom is -0.493 e. The predicted octanol–water partition coefficient (Wildman–Crippen LogP) is 3.39. The van der Waals surface area contributed by atoms with Crippen molar-refractivity contribution in [2.45, 2.75) is 0 Å². The van der Waals surface area contributed by atoms with Crippen molar-refractivity contribution in [2.24, 2.45) is 0 Å². The molecule has 1 aromatic heterocycles. The van der Waals surface area contributed by atoms with Gasteiger partial charge in [0.25, 0.3) is 0 Å². The molecular weight excluding hydrogens is 316 g/mol. The fourth-order valence-corrected chi connectivity index (χ4v) is 2.19. The van der Waals surface area contributed by atoms with Gasteiger partial charge in [-0.15, -0.1) is 12.4 Å². The lowest BCUT2D eigenvalue weighted by molar-refractivity contribution is 0.356. The van der Waals surface area contributed by atoms with Crippen molar-refractivity contribution in [3.63, 3.8) is 0 Å². The molecule has 0 saturated carbocycles. The molecule has 0 radical (unpaired) electrons. The van der Waals surface area contributed by atoms with Crippen LogP contribution >= 0.6 is 12.4 Å². The van der Waals surface area contributed by atoms with E-state index in [-0.39, 0.29) is 12.4 Å². The second kappa shape index (κ2) is 7.02. The molecule has 7 heteroatoms. The highest BCUT2D eigenvalue weighted by molar-refractivity contribution is 5.93. The first kappa shape index (κ1) is 16.6. The first-order valence-electron chi connectivity index (χ1n) is 6.70. The fraction of sp³-hybridized carbons (Fsp3) is 0.125. The molecule has 0 unspecified atom stereocenters. The van der Waals surface area contributed by atoms with E-state index in [2.05, 4.69) is 15.3 Å². The maximum atomic E-state index is 5.70. The number of rotatable bonds is 4. The Balaban J connectivity index is 0.00000192. The van der Waals surface area contributed by atoms with Crippen LogP contribution in [0.1, 0.15) is 0 Å². The molecule has 3 aromatic rings. The van der Waals surface area contributed by atoms with Crippen molar-refractivity contribution in [3.8, 4) is 11.5 Å². The molecule has 2 aromatic carbocycles. The first-order valence-corrected chi connectivity index (χ1v) is 6.70. The summed E-state index contributed by atoms with van der Waals surface area (Å²) >= 11 is 0. The highest BCUT2D eigenvalue weighted by Gasteiger charge is 2.11. The van der Waals surface area contributed by atoms with E-state index in [1.807, 2.05) is 36.4 Å². The third-order valence-electron chi connectivity index (χ3n) is 3.31. The molecule has 0 spiro atoms. The van der Waals surface area contributed by atoms with E-state index in [9.17, 15) is 0 Å². The molecule has 6 nitrogen and oxygen atoms in total. The smallest absolute Gasteiger partial charge is 0.162 e. The second-order valence-electron chi connectivity index (χ2n) is 4.69. The number of nitrogens with one attached hydrogen (secondary N) is 1. The highest BCUT2D eigenvalue weighted by Crippen LogP contribution is 2.34. The Bertz CT molecular complexity index is 809. The quantitative estimate of drug-likeness (QED) is 0.713. The molecule has 1 heterocycles. The Morgan fingerprint density at radius 3 is 2.26 bits per heavy atom. The molecule has 3 N–H and O–H groups in total. The first-order chi connectivity index (χ1) is 10.7. The number of anilines is 3. The number of aromatic nitrogens is 2. The number of fused-ring (bicyclic) bond motifs is 1. The standard InChI is InChI=1S/C16H16N4O2.ClH/c1-21-14-7-12-13(8-15(14)22-2)18-9-19-16(12)20-11-5-3-10(17)4-6-11;/h3-9H,17H2,1-2H3,(H,18,19,20);1H.